The highest BCUT2D eigenvalue weighted by Gasteiger charge is 2.27. The van der Waals surface area contributed by atoms with Crippen molar-refractivity contribution < 1.29 is 37.3 Å². The van der Waals surface area contributed by atoms with Crippen molar-refractivity contribution in [2.75, 3.05) is 40.9 Å². The highest BCUT2D eigenvalue weighted by molar-refractivity contribution is 7.45. The molecule has 0 aromatic rings. The number of esters is 1. The largest absolute Gasteiger partial charge is 0.756 e. The van der Waals surface area contributed by atoms with Crippen LogP contribution >= 0.6 is 7.82 Å². The predicted molar refractivity (Wildman–Crippen MR) is 316 cm³/mol. The predicted octanol–water partition coefficient (Wildman–Crippen LogP) is 18.6. The number of unbranched alkanes of at least 4 members (excludes halogenated alkanes) is 35. The Bertz CT molecular complexity index is 1410. The number of amides is 1. The zero-order chi connectivity index (χ0) is 54.3. The Morgan fingerprint density at radius 3 is 1.30 bits per heavy atom. The van der Waals surface area contributed by atoms with E-state index in [4.69, 9.17) is 13.8 Å². The number of phosphoric ester groups is 1. The number of phosphoric acid groups is 1. The van der Waals surface area contributed by atoms with Crippen LogP contribution in [-0.2, 0) is 27.9 Å². The lowest BCUT2D eigenvalue weighted by Crippen LogP contribution is -2.47. The molecule has 0 radical (unpaired) electrons. The fraction of sp³-hybridized carbons (Fsp3) is 0.844. The van der Waals surface area contributed by atoms with Crippen molar-refractivity contribution in [2.24, 2.45) is 0 Å². The standard InChI is InChI=1S/C64H121N2O7P/c1-7-10-13-16-19-22-25-28-30-31-32-33-34-35-36-38-41-44-47-50-53-56-63(67)65-61(60-72-74(69,70)71-59-58-66(4,5)6)62(55-52-49-46-43-40-37-27-24-21-18-15-12-9-3)73-64(68)57-54-51-48-45-42-39-29-26-23-20-17-14-11-8-2/h11,14,20,23,28,30,52,55,61-62H,7-10,12-13,15-19,21-22,24-27,29,31-51,53-54,56-60H2,1-6H3,(H-,65,67,69,70)/b14-11+,23-20+,30-28+,55-52-. The third kappa shape index (κ3) is 54.7. The zero-order valence-corrected chi connectivity index (χ0v) is 50.4. The highest BCUT2D eigenvalue weighted by atomic mass is 31.2. The number of rotatable bonds is 57. The van der Waals surface area contributed by atoms with Crippen LogP contribution in [-0.4, -0.2) is 69.4 Å². The Morgan fingerprint density at radius 2 is 0.865 bits per heavy atom. The van der Waals surface area contributed by atoms with Crippen LogP contribution in [0.4, 0.5) is 0 Å². The van der Waals surface area contributed by atoms with Crippen LogP contribution in [0.25, 0.3) is 0 Å². The summed E-state index contributed by atoms with van der Waals surface area (Å²) >= 11 is 0. The van der Waals surface area contributed by atoms with Crippen molar-refractivity contribution in [1.29, 1.82) is 0 Å². The van der Waals surface area contributed by atoms with Crippen molar-refractivity contribution in [1.82, 2.24) is 5.32 Å². The molecule has 0 aliphatic heterocycles. The van der Waals surface area contributed by atoms with Gasteiger partial charge in [-0.3, -0.25) is 14.2 Å². The second-order valence-electron chi connectivity index (χ2n) is 22.5. The summed E-state index contributed by atoms with van der Waals surface area (Å²) in [6.07, 6.45) is 66.5. The molecule has 1 N–H and O–H groups in total. The maximum atomic E-state index is 13.5. The average molecular weight is 1060 g/mol. The minimum absolute atomic E-state index is 0.0232. The van der Waals surface area contributed by atoms with Gasteiger partial charge in [-0.25, -0.2) is 0 Å². The zero-order valence-electron chi connectivity index (χ0n) is 49.6. The van der Waals surface area contributed by atoms with E-state index in [1.165, 1.54) is 180 Å². The number of hydrogen-bond donors (Lipinski definition) is 1. The van der Waals surface area contributed by atoms with Gasteiger partial charge in [0, 0.05) is 12.8 Å². The first-order chi connectivity index (χ1) is 35.9. The molecule has 1 amide bonds. The number of hydrogen-bond acceptors (Lipinski definition) is 7. The molecule has 9 nitrogen and oxygen atoms in total. The summed E-state index contributed by atoms with van der Waals surface area (Å²) in [5.41, 5.74) is 0. The van der Waals surface area contributed by atoms with Gasteiger partial charge < -0.3 is 28.5 Å². The molecule has 0 aromatic carbocycles. The molecule has 0 saturated heterocycles. The minimum Gasteiger partial charge on any atom is -0.756 e. The van der Waals surface area contributed by atoms with Crippen LogP contribution in [0, 0.1) is 0 Å². The minimum atomic E-state index is -4.70. The lowest BCUT2D eigenvalue weighted by Gasteiger charge is -2.30. The topological polar surface area (TPSA) is 114 Å². The molecular weight excluding hydrogens is 940 g/mol. The van der Waals surface area contributed by atoms with Gasteiger partial charge in [-0.2, -0.15) is 0 Å². The number of allylic oxidation sites excluding steroid dienone is 7. The van der Waals surface area contributed by atoms with E-state index in [0.717, 1.165) is 83.5 Å². The average Bonchev–Trinajstić information content (AvgIpc) is 3.36. The molecule has 0 fully saturated rings. The van der Waals surface area contributed by atoms with Crippen molar-refractivity contribution in [3.8, 4) is 0 Å². The second kappa shape index (κ2) is 54.3. The Hall–Kier alpha value is -2.03. The molecule has 0 aliphatic carbocycles. The van der Waals surface area contributed by atoms with Crippen molar-refractivity contribution in [3.63, 3.8) is 0 Å². The quantitative estimate of drug-likeness (QED) is 0.0212. The van der Waals surface area contributed by atoms with E-state index >= 15 is 0 Å². The molecule has 0 heterocycles. The monoisotopic (exact) mass is 1060 g/mol. The van der Waals surface area contributed by atoms with Crippen LogP contribution < -0.4 is 10.2 Å². The van der Waals surface area contributed by atoms with Crippen LogP contribution in [0.5, 0.6) is 0 Å². The SMILES string of the molecule is CC/C=C/C/C=C/CCCCCCCCCC(=O)OC(/C=C\CCCCCCCCCCCCC)C(COP(=O)([O-])OCC[N+](C)(C)C)NC(=O)CCCCCCCCCCCCC/C=C/CCCCCCCC. The molecule has 0 aromatic heterocycles. The van der Waals surface area contributed by atoms with Crippen molar-refractivity contribution in [2.45, 2.75) is 309 Å². The summed E-state index contributed by atoms with van der Waals surface area (Å²) in [4.78, 5) is 40.0. The Kier molecular flexibility index (Phi) is 52.8. The fourth-order valence-electron chi connectivity index (χ4n) is 9.14. The molecule has 0 aliphatic rings. The third-order valence-electron chi connectivity index (χ3n) is 14.0. The van der Waals surface area contributed by atoms with Crippen LogP contribution in [0.15, 0.2) is 48.6 Å². The summed E-state index contributed by atoms with van der Waals surface area (Å²) in [5, 5.41) is 3.03. The first-order valence-corrected chi connectivity index (χ1v) is 32.9. The van der Waals surface area contributed by atoms with Gasteiger partial charge in [0.05, 0.1) is 33.8 Å². The summed E-state index contributed by atoms with van der Waals surface area (Å²) < 4.78 is 30.3. The Balaban J connectivity index is 5.22. The van der Waals surface area contributed by atoms with Gasteiger partial charge >= 0.3 is 5.97 Å². The smallest absolute Gasteiger partial charge is 0.306 e. The Labute approximate surface area is 458 Å². The molecule has 10 heteroatoms. The number of nitrogens with zero attached hydrogens (tertiary/aromatic N) is 1. The first-order valence-electron chi connectivity index (χ1n) is 31.4. The number of ether oxygens (including phenoxy) is 1. The molecule has 0 saturated carbocycles. The van der Waals surface area contributed by atoms with E-state index in [0.29, 0.717) is 17.4 Å². The molecule has 3 atom stereocenters. The number of carbonyl (C=O) groups is 2. The van der Waals surface area contributed by atoms with Crippen LogP contribution in [0.1, 0.15) is 297 Å². The van der Waals surface area contributed by atoms with E-state index in [-0.39, 0.29) is 31.5 Å². The number of nitrogens with one attached hydrogen (secondary N) is 1. The van der Waals surface area contributed by atoms with Gasteiger partial charge in [0.15, 0.2) is 0 Å². The molecule has 0 spiro atoms. The summed E-state index contributed by atoms with van der Waals surface area (Å²) in [6, 6.07) is -0.890. The lowest BCUT2D eigenvalue weighted by atomic mass is 10.0. The number of carbonyl (C=O) groups excluding carboxylic acids is 2. The van der Waals surface area contributed by atoms with Crippen LogP contribution in [0.2, 0.25) is 0 Å². The van der Waals surface area contributed by atoms with E-state index in [2.05, 4.69) is 62.5 Å². The molecule has 434 valence electrons. The number of quaternary nitrogens is 1. The first kappa shape index (κ1) is 72.0. The summed E-state index contributed by atoms with van der Waals surface area (Å²) in [7, 11) is 1.19. The highest BCUT2D eigenvalue weighted by Crippen LogP contribution is 2.38. The number of likely N-dealkylation sites (N-methyl/N-ethyl adjacent to an activating group) is 1. The van der Waals surface area contributed by atoms with E-state index in [9.17, 15) is 19.0 Å². The van der Waals surface area contributed by atoms with Gasteiger partial charge in [-0.05, 0) is 83.1 Å². The van der Waals surface area contributed by atoms with Gasteiger partial charge in [-0.15, -0.1) is 0 Å². The van der Waals surface area contributed by atoms with E-state index in [1.807, 2.05) is 33.3 Å². The van der Waals surface area contributed by atoms with E-state index < -0.39 is 20.0 Å². The molecule has 0 bridgehead atoms. The fourth-order valence-corrected chi connectivity index (χ4v) is 9.87. The van der Waals surface area contributed by atoms with Gasteiger partial charge in [0.25, 0.3) is 7.82 Å². The van der Waals surface area contributed by atoms with E-state index in [1.54, 1.807) is 0 Å². The van der Waals surface area contributed by atoms with Gasteiger partial charge in [0.2, 0.25) is 5.91 Å². The molecule has 3 unspecified atom stereocenters. The van der Waals surface area contributed by atoms with Gasteiger partial charge in [0.1, 0.15) is 19.3 Å². The van der Waals surface area contributed by atoms with Crippen LogP contribution in [0.3, 0.4) is 0 Å². The summed E-state index contributed by atoms with van der Waals surface area (Å²) in [6.45, 7) is 6.76. The maximum absolute atomic E-state index is 13.5. The van der Waals surface area contributed by atoms with Crippen molar-refractivity contribution >= 4 is 19.7 Å². The third-order valence-corrected chi connectivity index (χ3v) is 15.0. The van der Waals surface area contributed by atoms with Crippen molar-refractivity contribution in [3.05, 3.63) is 48.6 Å². The summed E-state index contributed by atoms with van der Waals surface area (Å²) in [5.74, 6) is -0.543. The second-order valence-corrected chi connectivity index (χ2v) is 23.9. The molecule has 74 heavy (non-hydrogen) atoms. The lowest BCUT2D eigenvalue weighted by molar-refractivity contribution is -0.870. The van der Waals surface area contributed by atoms with Gasteiger partial charge in [-0.1, -0.05) is 250 Å². The molecule has 0 rings (SSSR count). The molecular formula is C64H121N2O7P. The maximum Gasteiger partial charge on any atom is 0.306 e. The normalized spacial score (nSPS) is 14.0. The Morgan fingerprint density at radius 1 is 0.486 bits per heavy atom.